The number of nitrogens with two attached hydrogens (primary N) is 1. The van der Waals surface area contributed by atoms with Crippen molar-refractivity contribution >= 4 is 11.6 Å². The zero-order chi connectivity index (χ0) is 26.1. The highest BCUT2D eigenvalue weighted by molar-refractivity contribution is 5.95. The second kappa shape index (κ2) is 8.05. The number of carbonyl (C=O) groups excluding carboxylic acids is 1. The molecule has 3 aliphatic rings. The maximum atomic E-state index is 13.9. The summed E-state index contributed by atoms with van der Waals surface area (Å²) in [5, 5.41) is 17.2. The van der Waals surface area contributed by atoms with E-state index in [1.165, 1.54) is 4.90 Å². The molecule has 0 saturated heterocycles. The summed E-state index contributed by atoms with van der Waals surface area (Å²) in [5.41, 5.74) is -1.07. The average Bonchev–Trinajstić information content (AvgIpc) is 3.64. The first kappa shape index (κ1) is 24.8. The van der Waals surface area contributed by atoms with Crippen LogP contribution in [0.1, 0.15) is 66.9 Å². The summed E-state index contributed by atoms with van der Waals surface area (Å²) in [7, 11) is 0. The van der Waals surface area contributed by atoms with Crippen molar-refractivity contribution in [3.05, 3.63) is 23.2 Å². The highest BCUT2D eigenvalue weighted by Crippen LogP contribution is 2.70. The first-order valence-corrected chi connectivity index (χ1v) is 11.6. The first-order valence-electron chi connectivity index (χ1n) is 11.6. The van der Waals surface area contributed by atoms with E-state index in [1.54, 1.807) is 0 Å². The molecule has 4 bridgehead atoms. The molecule has 1 amide bonds. The van der Waals surface area contributed by atoms with Gasteiger partial charge in [-0.1, -0.05) is 6.42 Å². The summed E-state index contributed by atoms with van der Waals surface area (Å²) >= 11 is 0. The second-order valence-electron chi connectivity index (χ2n) is 9.92. The van der Waals surface area contributed by atoms with E-state index < -0.39 is 64.7 Å². The van der Waals surface area contributed by atoms with Gasteiger partial charge < -0.3 is 20.2 Å². The molecule has 2 aromatic rings. The summed E-state index contributed by atoms with van der Waals surface area (Å²) in [6.45, 7) is 0.266. The van der Waals surface area contributed by atoms with E-state index in [9.17, 15) is 36.2 Å². The lowest BCUT2D eigenvalue weighted by Crippen LogP contribution is -2.42. The molecule has 2 atom stereocenters. The summed E-state index contributed by atoms with van der Waals surface area (Å²) in [5.74, 6) is -2.71. The molecular formula is C22H23F6N5O3. The third-order valence-electron chi connectivity index (χ3n) is 7.46. The van der Waals surface area contributed by atoms with Crippen molar-refractivity contribution in [1.82, 2.24) is 20.1 Å². The van der Waals surface area contributed by atoms with E-state index in [0.717, 1.165) is 19.3 Å². The number of fused-ring (bicyclic) bond motifs is 5. The fraction of sp³-hybridized carbons (Fsp3) is 0.636. The van der Waals surface area contributed by atoms with Gasteiger partial charge in [0.25, 0.3) is 17.7 Å². The first-order chi connectivity index (χ1) is 16.8. The standard InChI is InChI=1S/C22H23F6N5O3/c23-21(24,25)12-8-13(29)15-16-31-32-18(36-16)20(35,22(26,27)28)4-2-1-3-7-33(17(34)14(12)30-15)10-11-9-19(11)5-6-19/h8,11,35H,1-7,9-10,29H2/t11?,20-/m1/s1. The molecule has 14 heteroatoms. The number of hydrogen-bond donors (Lipinski definition) is 2. The molecule has 2 aliphatic carbocycles. The minimum Gasteiger partial charge on any atom is -0.416 e. The van der Waals surface area contributed by atoms with Gasteiger partial charge in [0, 0.05) is 13.1 Å². The van der Waals surface area contributed by atoms with Crippen molar-refractivity contribution in [3.63, 3.8) is 0 Å². The third kappa shape index (κ3) is 4.18. The van der Waals surface area contributed by atoms with Crippen LogP contribution in [0.5, 0.6) is 0 Å². The Kier molecular flexibility index (Phi) is 5.54. The Labute approximate surface area is 200 Å². The molecule has 0 radical (unpaired) electrons. The van der Waals surface area contributed by atoms with Crippen LogP contribution in [0.4, 0.5) is 32.0 Å². The Hall–Kier alpha value is -2.90. The van der Waals surface area contributed by atoms with Crippen LogP contribution in [0.15, 0.2) is 10.5 Å². The molecule has 1 aliphatic heterocycles. The summed E-state index contributed by atoms with van der Waals surface area (Å²) in [6.07, 6.45) is -7.74. The van der Waals surface area contributed by atoms with Crippen molar-refractivity contribution in [2.75, 3.05) is 18.8 Å². The Balaban J connectivity index is 1.61. The predicted octanol–water partition coefficient (Wildman–Crippen LogP) is 4.30. The van der Waals surface area contributed by atoms with Gasteiger partial charge >= 0.3 is 12.4 Å². The van der Waals surface area contributed by atoms with Crippen LogP contribution in [-0.2, 0) is 11.8 Å². The van der Waals surface area contributed by atoms with Gasteiger partial charge in [0.1, 0.15) is 5.69 Å². The molecule has 1 spiro atoms. The number of amides is 1. The third-order valence-corrected chi connectivity index (χ3v) is 7.46. The fourth-order valence-corrected chi connectivity index (χ4v) is 4.95. The molecule has 8 nitrogen and oxygen atoms in total. The maximum Gasteiger partial charge on any atom is 0.426 e. The smallest absolute Gasteiger partial charge is 0.416 e. The number of nitrogen functional groups attached to an aromatic ring is 1. The molecule has 36 heavy (non-hydrogen) atoms. The van der Waals surface area contributed by atoms with E-state index in [4.69, 9.17) is 10.2 Å². The molecule has 3 heterocycles. The Bertz CT molecular complexity index is 1190. The predicted molar refractivity (Wildman–Crippen MR) is 111 cm³/mol. The number of nitrogens with zero attached hydrogens (tertiary/aromatic N) is 4. The molecular weight excluding hydrogens is 496 g/mol. The largest absolute Gasteiger partial charge is 0.426 e. The lowest BCUT2D eigenvalue weighted by atomic mass is 9.95. The van der Waals surface area contributed by atoms with Crippen LogP contribution < -0.4 is 5.73 Å². The highest BCUT2D eigenvalue weighted by atomic mass is 19.4. The number of pyridine rings is 1. The molecule has 3 N–H and O–H groups in total. The Morgan fingerprint density at radius 3 is 2.42 bits per heavy atom. The summed E-state index contributed by atoms with van der Waals surface area (Å²) in [6, 6.07) is 0.485. The maximum absolute atomic E-state index is 13.9. The molecule has 2 fully saturated rings. The monoisotopic (exact) mass is 519 g/mol. The second-order valence-corrected chi connectivity index (χ2v) is 9.92. The quantitative estimate of drug-likeness (QED) is 0.568. The van der Waals surface area contributed by atoms with Gasteiger partial charge in [0.05, 0.1) is 11.3 Å². The van der Waals surface area contributed by atoms with Crippen LogP contribution in [-0.4, -0.2) is 50.4 Å². The Morgan fingerprint density at radius 1 is 1.08 bits per heavy atom. The topological polar surface area (TPSA) is 118 Å². The zero-order valence-corrected chi connectivity index (χ0v) is 18.9. The number of carbonyl (C=O) groups is 1. The van der Waals surface area contributed by atoms with Crippen molar-refractivity contribution < 1.29 is 40.7 Å². The lowest BCUT2D eigenvalue weighted by molar-refractivity contribution is -0.277. The van der Waals surface area contributed by atoms with Gasteiger partial charge in [0.2, 0.25) is 5.60 Å². The normalized spacial score (nSPS) is 26.1. The number of aromatic nitrogens is 3. The van der Waals surface area contributed by atoms with Crippen molar-refractivity contribution in [2.45, 2.75) is 62.9 Å². The molecule has 2 aromatic heterocycles. The molecule has 0 aromatic carbocycles. The molecule has 1 unspecified atom stereocenters. The number of hydrogen-bond acceptors (Lipinski definition) is 7. The van der Waals surface area contributed by atoms with Gasteiger partial charge in [0.15, 0.2) is 5.69 Å². The van der Waals surface area contributed by atoms with Crippen LogP contribution in [0.2, 0.25) is 0 Å². The minimum absolute atomic E-state index is 0.0347. The van der Waals surface area contributed by atoms with Gasteiger partial charge in [-0.2, -0.15) is 26.3 Å². The van der Waals surface area contributed by atoms with Gasteiger partial charge in [-0.05, 0) is 55.9 Å². The van der Waals surface area contributed by atoms with E-state index in [-0.39, 0.29) is 43.7 Å². The zero-order valence-electron chi connectivity index (χ0n) is 18.9. The van der Waals surface area contributed by atoms with Crippen LogP contribution in [0.3, 0.4) is 0 Å². The van der Waals surface area contributed by atoms with Crippen molar-refractivity contribution in [2.24, 2.45) is 11.3 Å². The van der Waals surface area contributed by atoms with Gasteiger partial charge in [-0.25, -0.2) is 4.98 Å². The molecule has 5 rings (SSSR count). The molecule has 2 saturated carbocycles. The molecule has 196 valence electrons. The van der Waals surface area contributed by atoms with Crippen LogP contribution in [0.25, 0.3) is 11.6 Å². The Morgan fingerprint density at radius 2 is 1.81 bits per heavy atom. The van der Waals surface area contributed by atoms with Gasteiger partial charge in [-0.15, -0.1) is 10.2 Å². The lowest BCUT2D eigenvalue weighted by Gasteiger charge is -2.27. The number of aliphatic hydroxyl groups is 1. The van der Waals surface area contributed by atoms with Gasteiger partial charge in [-0.3, -0.25) is 4.79 Å². The average molecular weight is 519 g/mol. The number of anilines is 1. The SMILES string of the molecule is Nc1cc(C(F)(F)F)c2nc1-c1nnc(o1)[C@@](O)(C(F)(F)F)CCCCCN(CC1CC13CC3)C2=O. The van der Waals surface area contributed by atoms with E-state index in [1.807, 2.05) is 0 Å². The van der Waals surface area contributed by atoms with E-state index in [0.29, 0.717) is 6.07 Å². The summed E-state index contributed by atoms with van der Waals surface area (Å²) in [4.78, 5) is 18.5. The van der Waals surface area contributed by atoms with Crippen LogP contribution >= 0.6 is 0 Å². The van der Waals surface area contributed by atoms with E-state index >= 15 is 0 Å². The number of halogens is 6. The minimum atomic E-state index is -5.16. The number of rotatable bonds is 2. The fourth-order valence-electron chi connectivity index (χ4n) is 4.95. The van der Waals surface area contributed by atoms with E-state index in [2.05, 4.69) is 15.2 Å². The highest BCUT2D eigenvalue weighted by Gasteiger charge is 2.63. The van der Waals surface area contributed by atoms with Crippen LogP contribution in [0, 0.1) is 11.3 Å². The number of alkyl halides is 6. The summed E-state index contributed by atoms with van der Waals surface area (Å²) < 4.78 is 88.0. The van der Waals surface area contributed by atoms with Crippen molar-refractivity contribution in [1.29, 1.82) is 0 Å². The van der Waals surface area contributed by atoms with Crippen molar-refractivity contribution in [3.8, 4) is 11.6 Å².